The van der Waals surface area contributed by atoms with E-state index in [2.05, 4.69) is 17.3 Å². The molecule has 0 aromatic rings. The van der Waals surface area contributed by atoms with Crippen LogP contribution in [-0.2, 0) is 4.79 Å². The first kappa shape index (κ1) is 14.8. The van der Waals surface area contributed by atoms with E-state index < -0.39 is 0 Å². The molecule has 0 aromatic heterocycles. The Morgan fingerprint density at radius 1 is 1.21 bits per heavy atom. The molecule has 2 fully saturated rings. The topological polar surface area (TPSA) is 35.6 Å². The molecule has 1 heterocycles. The quantitative estimate of drug-likeness (QED) is 0.816. The number of carbonyl (C=O) groups is 1. The van der Waals surface area contributed by atoms with Crippen LogP contribution in [0.5, 0.6) is 0 Å². The minimum absolute atomic E-state index is 0.255. The third-order valence-electron chi connectivity index (χ3n) is 4.69. The van der Waals surface area contributed by atoms with Gasteiger partial charge in [-0.1, -0.05) is 12.8 Å². The third-order valence-corrected chi connectivity index (χ3v) is 4.69. The van der Waals surface area contributed by atoms with Gasteiger partial charge < -0.3 is 15.1 Å². The molecule has 1 amide bonds. The summed E-state index contributed by atoms with van der Waals surface area (Å²) in [6.45, 7) is 3.80. The van der Waals surface area contributed by atoms with Crippen LogP contribution in [0.1, 0.15) is 38.5 Å². The zero-order chi connectivity index (χ0) is 13.7. The van der Waals surface area contributed by atoms with Gasteiger partial charge in [-0.2, -0.15) is 0 Å². The summed E-state index contributed by atoms with van der Waals surface area (Å²) in [7, 11) is 4.13. The molecule has 4 heteroatoms. The number of carbonyl (C=O) groups excluding carboxylic acids is 1. The van der Waals surface area contributed by atoms with Gasteiger partial charge >= 0.3 is 0 Å². The predicted octanol–water partition coefficient (Wildman–Crippen LogP) is 1.32. The highest BCUT2D eigenvalue weighted by molar-refractivity contribution is 5.78. The number of rotatable bonds is 5. The largest absolute Gasteiger partial charge is 0.344 e. The number of piperidine rings is 1. The van der Waals surface area contributed by atoms with Gasteiger partial charge in [0, 0.05) is 19.6 Å². The molecule has 0 bridgehead atoms. The van der Waals surface area contributed by atoms with Gasteiger partial charge in [0.15, 0.2) is 0 Å². The maximum atomic E-state index is 12.1. The molecule has 1 aliphatic carbocycles. The lowest BCUT2D eigenvalue weighted by molar-refractivity contribution is -0.129. The Labute approximate surface area is 117 Å². The zero-order valence-electron chi connectivity index (χ0n) is 12.5. The van der Waals surface area contributed by atoms with Crippen molar-refractivity contribution in [2.24, 2.45) is 5.92 Å². The SMILES string of the molecule is CN1CCC(CN(C)C(=O)CNC2CCCC2)CC1. The molecule has 110 valence electrons. The maximum absolute atomic E-state index is 12.1. The highest BCUT2D eigenvalue weighted by Gasteiger charge is 2.21. The molecule has 0 spiro atoms. The van der Waals surface area contributed by atoms with Crippen molar-refractivity contribution in [3.8, 4) is 0 Å². The molecule has 1 N–H and O–H groups in total. The number of hydrogen-bond donors (Lipinski definition) is 1. The highest BCUT2D eigenvalue weighted by atomic mass is 16.2. The van der Waals surface area contributed by atoms with Crippen LogP contribution in [0.15, 0.2) is 0 Å². The van der Waals surface area contributed by atoms with Crippen LogP contribution < -0.4 is 5.32 Å². The van der Waals surface area contributed by atoms with Crippen molar-refractivity contribution < 1.29 is 4.79 Å². The second-order valence-electron chi connectivity index (χ2n) is 6.38. The van der Waals surface area contributed by atoms with Crippen LogP contribution in [0.25, 0.3) is 0 Å². The second-order valence-corrected chi connectivity index (χ2v) is 6.38. The van der Waals surface area contributed by atoms with Gasteiger partial charge in [-0.25, -0.2) is 0 Å². The van der Waals surface area contributed by atoms with Gasteiger partial charge in [-0.05, 0) is 51.7 Å². The molecule has 1 aliphatic heterocycles. The average Bonchev–Trinajstić information content (AvgIpc) is 2.91. The molecule has 0 atom stereocenters. The van der Waals surface area contributed by atoms with Gasteiger partial charge in [0.1, 0.15) is 0 Å². The van der Waals surface area contributed by atoms with Gasteiger partial charge in [0.05, 0.1) is 6.54 Å². The molecule has 2 rings (SSSR count). The predicted molar refractivity (Wildman–Crippen MR) is 78.1 cm³/mol. The first-order valence-corrected chi connectivity index (χ1v) is 7.81. The van der Waals surface area contributed by atoms with Gasteiger partial charge in [0.25, 0.3) is 0 Å². The van der Waals surface area contributed by atoms with Gasteiger partial charge in [-0.15, -0.1) is 0 Å². The number of likely N-dealkylation sites (N-methyl/N-ethyl adjacent to an activating group) is 1. The standard InChI is InChI=1S/C15H29N3O/c1-17-9-7-13(8-10-17)12-18(2)15(19)11-16-14-5-3-4-6-14/h13-14,16H,3-12H2,1-2H3. The molecular formula is C15H29N3O. The van der Waals surface area contributed by atoms with E-state index in [-0.39, 0.29) is 5.91 Å². The number of likely N-dealkylation sites (tertiary alicyclic amines) is 1. The van der Waals surface area contributed by atoms with Crippen molar-refractivity contribution >= 4 is 5.91 Å². The van der Waals surface area contributed by atoms with Crippen molar-refractivity contribution in [1.82, 2.24) is 15.1 Å². The molecule has 4 nitrogen and oxygen atoms in total. The first-order valence-electron chi connectivity index (χ1n) is 7.81. The summed E-state index contributed by atoms with van der Waals surface area (Å²) in [5.41, 5.74) is 0. The Bertz CT molecular complexity index is 281. The zero-order valence-corrected chi connectivity index (χ0v) is 12.5. The monoisotopic (exact) mass is 267 g/mol. The lowest BCUT2D eigenvalue weighted by Crippen LogP contribution is -2.42. The molecule has 0 radical (unpaired) electrons. The Morgan fingerprint density at radius 2 is 1.84 bits per heavy atom. The Hall–Kier alpha value is -0.610. The van der Waals surface area contributed by atoms with Crippen molar-refractivity contribution in [1.29, 1.82) is 0 Å². The van der Waals surface area contributed by atoms with Crippen molar-refractivity contribution in [3.05, 3.63) is 0 Å². The summed E-state index contributed by atoms with van der Waals surface area (Å²) in [4.78, 5) is 16.4. The molecule has 19 heavy (non-hydrogen) atoms. The van der Waals surface area contributed by atoms with Crippen LogP contribution in [0, 0.1) is 5.92 Å². The summed E-state index contributed by atoms with van der Waals surface area (Å²) in [6, 6.07) is 0.584. The Balaban J connectivity index is 1.64. The molecule has 1 saturated carbocycles. The molecule has 1 saturated heterocycles. The number of nitrogens with zero attached hydrogens (tertiary/aromatic N) is 2. The van der Waals surface area contributed by atoms with Crippen molar-refractivity contribution in [2.45, 2.75) is 44.6 Å². The summed E-state index contributed by atoms with van der Waals surface area (Å²) >= 11 is 0. The van der Waals surface area contributed by atoms with E-state index >= 15 is 0 Å². The smallest absolute Gasteiger partial charge is 0.236 e. The lowest BCUT2D eigenvalue weighted by Gasteiger charge is -2.31. The Kier molecular flexibility index (Phi) is 5.64. The van der Waals surface area contributed by atoms with E-state index in [9.17, 15) is 4.79 Å². The van der Waals surface area contributed by atoms with Gasteiger partial charge in [0.2, 0.25) is 5.91 Å². The van der Waals surface area contributed by atoms with E-state index in [4.69, 9.17) is 0 Å². The summed E-state index contributed by atoms with van der Waals surface area (Å²) in [5, 5.41) is 3.41. The van der Waals surface area contributed by atoms with Crippen LogP contribution in [0.4, 0.5) is 0 Å². The van der Waals surface area contributed by atoms with E-state index in [1.54, 1.807) is 0 Å². The summed E-state index contributed by atoms with van der Waals surface area (Å²) in [5.74, 6) is 0.947. The average molecular weight is 267 g/mol. The minimum atomic E-state index is 0.255. The van der Waals surface area contributed by atoms with E-state index in [1.165, 1.54) is 51.6 Å². The van der Waals surface area contributed by atoms with E-state index in [1.807, 2.05) is 11.9 Å². The van der Waals surface area contributed by atoms with E-state index in [0.717, 1.165) is 6.54 Å². The van der Waals surface area contributed by atoms with Crippen LogP contribution in [-0.4, -0.2) is 62.0 Å². The summed E-state index contributed by atoms with van der Waals surface area (Å²) in [6.07, 6.45) is 7.57. The van der Waals surface area contributed by atoms with Gasteiger partial charge in [-0.3, -0.25) is 4.79 Å². The van der Waals surface area contributed by atoms with Crippen molar-refractivity contribution in [2.75, 3.05) is 40.3 Å². The molecule has 0 aromatic carbocycles. The first-order chi connectivity index (χ1) is 9.15. The molecular weight excluding hydrogens is 238 g/mol. The summed E-state index contributed by atoms with van der Waals surface area (Å²) < 4.78 is 0. The fourth-order valence-electron chi connectivity index (χ4n) is 3.23. The van der Waals surface area contributed by atoms with Crippen LogP contribution >= 0.6 is 0 Å². The molecule has 2 aliphatic rings. The maximum Gasteiger partial charge on any atom is 0.236 e. The number of amides is 1. The third kappa shape index (κ3) is 4.77. The minimum Gasteiger partial charge on any atom is -0.344 e. The molecule has 0 unspecified atom stereocenters. The normalized spacial score (nSPS) is 22.8. The Morgan fingerprint density at radius 3 is 2.47 bits per heavy atom. The van der Waals surface area contributed by atoms with Crippen molar-refractivity contribution in [3.63, 3.8) is 0 Å². The lowest BCUT2D eigenvalue weighted by atomic mass is 9.97. The fourth-order valence-corrected chi connectivity index (χ4v) is 3.23. The number of nitrogens with one attached hydrogen (secondary N) is 1. The number of hydrogen-bond acceptors (Lipinski definition) is 3. The van der Waals surface area contributed by atoms with E-state index in [0.29, 0.717) is 18.5 Å². The highest BCUT2D eigenvalue weighted by Crippen LogP contribution is 2.18. The fraction of sp³-hybridized carbons (Fsp3) is 0.933. The van der Waals surface area contributed by atoms with Crippen LogP contribution in [0.3, 0.4) is 0 Å². The second kappa shape index (κ2) is 7.25. The van der Waals surface area contributed by atoms with Crippen LogP contribution in [0.2, 0.25) is 0 Å².